The third-order valence-corrected chi connectivity index (χ3v) is 4.19. The Balaban J connectivity index is 2.86. The average molecular weight is 366 g/mol. The molecule has 0 aliphatic heterocycles. The summed E-state index contributed by atoms with van der Waals surface area (Å²) in [4.78, 5) is 11.2. The highest BCUT2D eigenvalue weighted by Gasteiger charge is 2.32. The van der Waals surface area contributed by atoms with Crippen LogP contribution in [0.2, 0.25) is 0 Å². The molecule has 1 aliphatic carbocycles. The highest BCUT2D eigenvalue weighted by Crippen LogP contribution is 2.40. The summed E-state index contributed by atoms with van der Waals surface area (Å²) in [5, 5.41) is 0. The van der Waals surface area contributed by atoms with Crippen molar-refractivity contribution >= 4 is 5.97 Å². The fourth-order valence-corrected chi connectivity index (χ4v) is 2.90. The normalized spacial score (nSPS) is 18.2. The standard InChI is InChI=1S/C21H25F3O2/c1-5-26-19(25)15-17(21(22,23)24)12-8-6-7-9-13-18-16(2)11-10-14-20(18,3)4/h8-9,12-13,15H,5,10-11,14H2,1-4H3/b12-8+,13-9+,17-15+. The van der Waals surface area contributed by atoms with Crippen molar-refractivity contribution in [1.29, 1.82) is 0 Å². The van der Waals surface area contributed by atoms with Crippen LogP contribution in [0.25, 0.3) is 0 Å². The van der Waals surface area contributed by atoms with E-state index in [1.54, 1.807) is 6.08 Å². The number of esters is 1. The van der Waals surface area contributed by atoms with Crippen molar-refractivity contribution in [2.75, 3.05) is 6.61 Å². The highest BCUT2D eigenvalue weighted by molar-refractivity contribution is 5.83. The predicted molar refractivity (Wildman–Crippen MR) is 97.2 cm³/mol. The molecular weight excluding hydrogens is 341 g/mol. The van der Waals surface area contributed by atoms with E-state index in [1.165, 1.54) is 18.1 Å². The van der Waals surface area contributed by atoms with E-state index in [4.69, 9.17) is 0 Å². The number of ether oxygens (including phenoxy) is 1. The van der Waals surface area contributed by atoms with Gasteiger partial charge in [-0.2, -0.15) is 13.2 Å². The van der Waals surface area contributed by atoms with Gasteiger partial charge >= 0.3 is 12.1 Å². The topological polar surface area (TPSA) is 26.3 Å². The highest BCUT2D eigenvalue weighted by atomic mass is 19.4. The number of carbonyl (C=O) groups excluding carboxylic acids is 1. The Morgan fingerprint density at radius 2 is 1.92 bits per heavy atom. The molecule has 0 saturated carbocycles. The van der Waals surface area contributed by atoms with E-state index in [0.717, 1.165) is 31.4 Å². The molecule has 1 aliphatic rings. The molecule has 0 unspecified atom stereocenters. The van der Waals surface area contributed by atoms with Crippen LogP contribution in [-0.2, 0) is 9.53 Å². The molecule has 2 nitrogen and oxygen atoms in total. The zero-order valence-corrected chi connectivity index (χ0v) is 15.7. The molecule has 0 aromatic carbocycles. The summed E-state index contributed by atoms with van der Waals surface area (Å²) < 4.78 is 43.1. The quantitative estimate of drug-likeness (QED) is 0.277. The molecule has 0 fully saturated rings. The van der Waals surface area contributed by atoms with Crippen LogP contribution >= 0.6 is 0 Å². The van der Waals surface area contributed by atoms with Crippen LogP contribution in [0.1, 0.15) is 47.0 Å². The smallest absolute Gasteiger partial charge is 0.416 e. The molecule has 0 amide bonds. The zero-order chi connectivity index (χ0) is 19.8. The minimum Gasteiger partial charge on any atom is -0.463 e. The molecule has 0 heterocycles. The monoisotopic (exact) mass is 366 g/mol. The van der Waals surface area contributed by atoms with E-state index in [1.807, 2.05) is 6.08 Å². The summed E-state index contributed by atoms with van der Waals surface area (Å²) in [7, 11) is 0. The Labute approximate surface area is 153 Å². The summed E-state index contributed by atoms with van der Waals surface area (Å²) in [6.07, 6.45) is 4.55. The lowest BCUT2D eigenvalue weighted by Gasteiger charge is -2.32. The Hall–Kier alpha value is -2.22. The van der Waals surface area contributed by atoms with Crippen molar-refractivity contribution in [3.8, 4) is 11.8 Å². The van der Waals surface area contributed by atoms with Crippen molar-refractivity contribution in [1.82, 2.24) is 0 Å². The molecule has 0 bridgehead atoms. The van der Waals surface area contributed by atoms with Crippen LogP contribution < -0.4 is 0 Å². The van der Waals surface area contributed by atoms with Gasteiger partial charge in [0, 0.05) is 6.08 Å². The van der Waals surface area contributed by atoms with E-state index in [9.17, 15) is 18.0 Å². The third kappa shape index (κ3) is 6.95. The van der Waals surface area contributed by atoms with Crippen molar-refractivity contribution in [2.24, 2.45) is 5.41 Å². The SMILES string of the molecule is CCOC(=O)/C=C(\C=C\C#C/C=C/C1=C(C)CCCC1(C)C)C(F)(F)F. The van der Waals surface area contributed by atoms with Gasteiger partial charge in [-0.3, -0.25) is 0 Å². The van der Waals surface area contributed by atoms with Crippen LogP contribution in [0, 0.1) is 17.3 Å². The molecule has 0 radical (unpaired) electrons. The third-order valence-electron chi connectivity index (χ3n) is 4.19. The summed E-state index contributed by atoms with van der Waals surface area (Å²) in [6.45, 7) is 8.00. The van der Waals surface area contributed by atoms with E-state index < -0.39 is 17.7 Å². The summed E-state index contributed by atoms with van der Waals surface area (Å²) in [5.74, 6) is 4.23. The van der Waals surface area contributed by atoms with Gasteiger partial charge < -0.3 is 4.74 Å². The first-order valence-electron chi connectivity index (χ1n) is 8.58. The first-order chi connectivity index (χ1) is 12.1. The Morgan fingerprint density at radius 1 is 1.27 bits per heavy atom. The van der Waals surface area contributed by atoms with E-state index in [2.05, 4.69) is 37.3 Å². The molecule has 0 spiro atoms. The van der Waals surface area contributed by atoms with Gasteiger partial charge in [0.25, 0.3) is 0 Å². The maximum atomic E-state index is 12.9. The fourth-order valence-electron chi connectivity index (χ4n) is 2.90. The molecule has 1 rings (SSSR count). The first kappa shape index (κ1) is 21.8. The molecule has 0 atom stereocenters. The lowest BCUT2D eigenvalue weighted by Crippen LogP contribution is -2.18. The Morgan fingerprint density at radius 3 is 2.50 bits per heavy atom. The largest absolute Gasteiger partial charge is 0.463 e. The zero-order valence-electron chi connectivity index (χ0n) is 15.7. The van der Waals surface area contributed by atoms with Gasteiger partial charge in [0.15, 0.2) is 0 Å². The maximum Gasteiger partial charge on any atom is 0.416 e. The second-order valence-corrected chi connectivity index (χ2v) is 6.74. The van der Waals surface area contributed by atoms with Crippen molar-refractivity contribution < 1.29 is 22.7 Å². The molecule has 142 valence electrons. The minimum atomic E-state index is -4.64. The molecule has 0 aromatic rings. The van der Waals surface area contributed by atoms with Crippen LogP contribution in [0.15, 0.2) is 47.1 Å². The number of rotatable bonds is 4. The maximum absolute atomic E-state index is 12.9. The van der Waals surface area contributed by atoms with E-state index >= 15 is 0 Å². The van der Waals surface area contributed by atoms with Gasteiger partial charge in [-0.15, -0.1) is 0 Å². The van der Waals surface area contributed by atoms with Crippen LogP contribution in [0.3, 0.4) is 0 Å². The summed E-state index contributed by atoms with van der Waals surface area (Å²) in [6, 6.07) is 0. The first-order valence-corrected chi connectivity index (χ1v) is 8.58. The number of hydrogen-bond acceptors (Lipinski definition) is 2. The molecule has 0 aromatic heterocycles. The number of halogens is 3. The van der Waals surface area contributed by atoms with Gasteiger partial charge in [0.2, 0.25) is 0 Å². The van der Waals surface area contributed by atoms with E-state index in [-0.39, 0.29) is 12.0 Å². The van der Waals surface area contributed by atoms with Gasteiger partial charge in [-0.05, 0) is 62.3 Å². The van der Waals surface area contributed by atoms with Crippen molar-refractivity contribution in [2.45, 2.75) is 53.1 Å². The van der Waals surface area contributed by atoms with Gasteiger partial charge in [0.1, 0.15) is 0 Å². The molecule has 0 N–H and O–H groups in total. The Kier molecular flexibility index (Phi) is 7.95. The number of alkyl halides is 3. The fraction of sp³-hybridized carbons (Fsp3) is 0.476. The summed E-state index contributed by atoms with van der Waals surface area (Å²) >= 11 is 0. The number of carbonyl (C=O) groups is 1. The molecule has 5 heteroatoms. The summed E-state index contributed by atoms with van der Waals surface area (Å²) in [5.41, 5.74) is 1.55. The average Bonchev–Trinajstić information content (AvgIpc) is 2.50. The van der Waals surface area contributed by atoms with Crippen molar-refractivity contribution in [3.05, 3.63) is 47.1 Å². The number of hydrogen-bond donors (Lipinski definition) is 0. The van der Waals surface area contributed by atoms with Crippen LogP contribution in [-0.4, -0.2) is 18.8 Å². The minimum absolute atomic E-state index is 0.0143. The molecule has 26 heavy (non-hydrogen) atoms. The van der Waals surface area contributed by atoms with Crippen molar-refractivity contribution in [3.63, 3.8) is 0 Å². The lowest BCUT2D eigenvalue weighted by atomic mass is 9.73. The predicted octanol–water partition coefficient (Wildman–Crippen LogP) is 5.68. The van der Waals surface area contributed by atoms with Gasteiger partial charge in [0.05, 0.1) is 12.2 Å². The molecular formula is C21H25F3O2. The van der Waals surface area contributed by atoms with Gasteiger partial charge in [-0.1, -0.05) is 37.3 Å². The molecule has 0 saturated heterocycles. The van der Waals surface area contributed by atoms with E-state index in [0.29, 0.717) is 6.08 Å². The second-order valence-electron chi connectivity index (χ2n) is 6.74. The van der Waals surface area contributed by atoms with Crippen LogP contribution in [0.5, 0.6) is 0 Å². The Bertz CT molecular complexity index is 693. The van der Waals surface area contributed by atoms with Gasteiger partial charge in [-0.25, -0.2) is 4.79 Å². The lowest BCUT2D eigenvalue weighted by molar-refractivity contribution is -0.138. The van der Waals surface area contributed by atoms with Crippen LogP contribution in [0.4, 0.5) is 13.2 Å². The second kappa shape index (κ2) is 9.47. The number of allylic oxidation sites excluding steroid dienone is 7.